The molecule has 1 amide bonds. The van der Waals surface area contributed by atoms with E-state index in [1.54, 1.807) is 13.0 Å². The highest BCUT2D eigenvalue weighted by Crippen LogP contribution is 2.21. The topological polar surface area (TPSA) is 73.6 Å². The molecule has 18 heavy (non-hydrogen) atoms. The largest absolute Gasteiger partial charge is 0.361 e. The van der Waals surface area contributed by atoms with Gasteiger partial charge in [0.2, 0.25) is 5.91 Å². The van der Waals surface area contributed by atoms with Gasteiger partial charge in [-0.2, -0.15) is 0 Å². The van der Waals surface area contributed by atoms with Gasteiger partial charge in [-0.15, -0.1) is 0 Å². The second kappa shape index (κ2) is 5.49. The minimum Gasteiger partial charge on any atom is -0.361 e. The monoisotopic (exact) mass is 254 g/mol. The van der Waals surface area contributed by atoms with Crippen LogP contribution in [-0.4, -0.2) is 36.6 Å². The van der Waals surface area contributed by atoms with Crippen LogP contribution in [0.4, 0.5) is 0 Å². The molecular weight excluding hydrogens is 236 g/mol. The van der Waals surface area contributed by atoms with Crippen LogP contribution >= 0.6 is 0 Å². The number of hydrogen-bond acceptors (Lipinski definition) is 5. The van der Waals surface area contributed by atoms with Crippen LogP contribution in [0.25, 0.3) is 0 Å². The van der Waals surface area contributed by atoms with E-state index in [-0.39, 0.29) is 12.3 Å². The molecule has 2 rings (SSSR count). The third-order valence-electron chi connectivity index (χ3n) is 2.82. The molecule has 0 atom stereocenters. The summed E-state index contributed by atoms with van der Waals surface area (Å²) in [5, 5.41) is 6.58. The zero-order valence-electron chi connectivity index (χ0n) is 10.7. The van der Waals surface area contributed by atoms with E-state index in [1.165, 1.54) is 0 Å². The quantitative estimate of drug-likeness (QED) is 0.841. The average molecular weight is 254 g/mol. The molecule has 0 saturated carbocycles. The fraction of sp³-hybridized carbons (Fsp3) is 0.667. The summed E-state index contributed by atoms with van der Waals surface area (Å²) in [6.07, 6.45) is 0.867. The standard InChI is InChI=1S/C12H18N2O4/c1-9-7-10(14-18-9)8-11(15)13-4-3-12(2)16-5-6-17-12/h7H,3-6,8H2,1-2H3,(H,13,15). The van der Waals surface area contributed by atoms with Gasteiger partial charge in [-0.3, -0.25) is 4.79 Å². The molecule has 0 unspecified atom stereocenters. The summed E-state index contributed by atoms with van der Waals surface area (Å²) < 4.78 is 15.8. The van der Waals surface area contributed by atoms with Gasteiger partial charge in [-0.25, -0.2) is 0 Å². The van der Waals surface area contributed by atoms with Gasteiger partial charge in [-0.05, 0) is 13.8 Å². The number of aryl methyl sites for hydroxylation is 1. The molecule has 1 N–H and O–H groups in total. The maximum absolute atomic E-state index is 11.6. The maximum Gasteiger partial charge on any atom is 0.226 e. The van der Waals surface area contributed by atoms with E-state index in [1.807, 2.05) is 6.92 Å². The molecule has 2 heterocycles. The molecule has 0 aromatic carbocycles. The van der Waals surface area contributed by atoms with Crippen molar-refractivity contribution in [3.8, 4) is 0 Å². The van der Waals surface area contributed by atoms with Crippen LogP contribution in [0.15, 0.2) is 10.6 Å². The molecule has 0 bridgehead atoms. The predicted molar refractivity (Wildman–Crippen MR) is 62.9 cm³/mol. The fourth-order valence-corrected chi connectivity index (χ4v) is 1.86. The minimum absolute atomic E-state index is 0.0788. The highest BCUT2D eigenvalue weighted by atomic mass is 16.7. The Labute approximate surface area is 106 Å². The average Bonchev–Trinajstić information content (AvgIpc) is 2.88. The summed E-state index contributed by atoms with van der Waals surface area (Å²) in [6.45, 7) is 5.43. The van der Waals surface area contributed by atoms with Crippen LogP contribution in [0, 0.1) is 6.92 Å². The first-order valence-corrected chi connectivity index (χ1v) is 6.04. The van der Waals surface area contributed by atoms with E-state index in [0.717, 1.165) is 0 Å². The Balaban J connectivity index is 1.69. The summed E-state index contributed by atoms with van der Waals surface area (Å²) in [5.74, 6) is 0.0700. The van der Waals surface area contributed by atoms with Crippen molar-refractivity contribution in [2.45, 2.75) is 32.5 Å². The van der Waals surface area contributed by atoms with Crippen LogP contribution in [0.5, 0.6) is 0 Å². The van der Waals surface area contributed by atoms with Gasteiger partial charge >= 0.3 is 0 Å². The van der Waals surface area contributed by atoms with E-state index in [9.17, 15) is 4.79 Å². The zero-order chi connectivity index (χ0) is 13.0. The first-order chi connectivity index (χ1) is 8.57. The van der Waals surface area contributed by atoms with Gasteiger partial charge in [0.1, 0.15) is 5.76 Å². The number of carbonyl (C=O) groups excluding carboxylic acids is 1. The number of amides is 1. The van der Waals surface area contributed by atoms with Gasteiger partial charge in [0, 0.05) is 19.0 Å². The fourth-order valence-electron chi connectivity index (χ4n) is 1.86. The zero-order valence-corrected chi connectivity index (χ0v) is 10.7. The molecule has 1 saturated heterocycles. The van der Waals surface area contributed by atoms with E-state index in [4.69, 9.17) is 14.0 Å². The molecule has 100 valence electrons. The first kappa shape index (κ1) is 13.0. The number of ether oxygens (including phenoxy) is 2. The molecule has 6 nitrogen and oxygen atoms in total. The molecular formula is C12H18N2O4. The maximum atomic E-state index is 11.6. The van der Waals surface area contributed by atoms with Gasteiger partial charge in [0.15, 0.2) is 5.79 Å². The van der Waals surface area contributed by atoms with Gasteiger partial charge in [0.25, 0.3) is 0 Å². The molecule has 1 aromatic heterocycles. The van der Waals surface area contributed by atoms with E-state index in [0.29, 0.717) is 37.6 Å². The molecule has 1 fully saturated rings. The van der Waals surface area contributed by atoms with Crippen molar-refractivity contribution in [3.05, 3.63) is 17.5 Å². The Morgan fingerprint density at radius 1 is 1.50 bits per heavy atom. The van der Waals surface area contributed by atoms with Gasteiger partial charge < -0.3 is 19.3 Å². The van der Waals surface area contributed by atoms with Crippen LogP contribution < -0.4 is 5.32 Å². The summed E-state index contributed by atoms with van der Waals surface area (Å²) in [6, 6.07) is 1.75. The second-order valence-electron chi connectivity index (χ2n) is 4.54. The lowest BCUT2D eigenvalue weighted by atomic mass is 10.2. The van der Waals surface area contributed by atoms with Crippen molar-refractivity contribution in [2.75, 3.05) is 19.8 Å². The van der Waals surface area contributed by atoms with Crippen molar-refractivity contribution in [2.24, 2.45) is 0 Å². The Kier molecular flexibility index (Phi) is 3.98. The van der Waals surface area contributed by atoms with Gasteiger partial charge in [-0.1, -0.05) is 5.16 Å². The van der Waals surface area contributed by atoms with Crippen molar-refractivity contribution in [3.63, 3.8) is 0 Å². The van der Waals surface area contributed by atoms with Crippen molar-refractivity contribution < 1.29 is 18.8 Å². The Morgan fingerprint density at radius 3 is 2.83 bits per heavy atom. The normalized spacial score (nSPS) is 17.9. The lowest BCUT2D eigenvalue weighted by Crippen LogP contribution is -2.34. The molecule has 0 aliphatic carbocycles. The number of nitrogens with zero attached hydrogens (tertiary/aromatic N) is 1. The van der Waals surface area contributed by atoms with Crippen molar-refractivity contribution in [1.82, 2.24) is 10.5 Å². The lowest BCUT2D eigenvalue weighted by molar-refractivity contribution is -0.146. The highest BCUT2D eigenvalue weighted by Gasteiger charge is 2.30. The Bertz CT molecular complexity index is 410. The molecule has 1 aliphatic rings. The number of hydrogen-bond donors (Lipinski definition) is 1. The van der Waals surface area contributed by atoms with Crippen LogP contribution in [0.1, 0.15) is 24.8 Å². The third kappa shape index (κ3) is 3.54. The predicted octanol–water partition coefficient (Wildman–Crippen LogP) is 0.795. The third-order valence-corrected chi connectivity index (χ3v) is 2.82. The van der Waals surface area contributed by atoms with Crippen LogP contribution in [-0.2, 0) is 20.7 Å². The summed E-state index contributed by atoms with van der Waals surface area (Å²) in [5.41, 5.74) is 0.643. The second-order valence-corrected chi connectivity index (χ2v) is 4.54. The summed E-state index contributed by atoms with van der Waals surface area (Å²) >= 11 is 0. The number of carbonyl (C=O) groups is 1. The Morgan fingerprint density at radius 2 is 2.22 bits per heavy atom. The molecule has 1 aliphatic heterocycles. The molecule has 1 aromatic rings. The van der Waals surface area contributed by atoms with Gasteiger partial charge in [0.05, 0.1) is 25.3 Å². The van der Waals surface area contributed by atoms with E-state index >= 15 is 0 Å². The number of rotatable bonds is 5. The number of aromatic nitrogens is 1. The SMILES string of the molecule is Cc1cc(CC(=O)NCCC2(C)OCCO2)no1. The van der Waals surface area contributed by atoms with Crippen LogP contribution in [0.2, 0.25) is 0 Å². The summed E-state index contributed by atoms with van der Waals surface area (Å²) in [7, 11) is 0. The van der Waals surface area contributed by atoms with E-state index < -0.39 is 5.79 Å². The molecule has 0 spiro atoms. The van der Waals surface area contributed by atoms with Crippen molar-refractivity contribution in [1.29, 1.82) is 0 Å². The minimum atomic E-state index is -0.558. The number of nitrogens with one attached hydrogen (secondary N) is 1. The van der Waals surface area contributed by atoms with Crippen molar-refractivity contribution >= 4 is 5.91 Å². The molecule has 0 radical (unpaired) electrons. The first-order valence-electron chi connectivity index (χ1n) is 6.04. The highest BCUT2D eigenvalue weighted by molar-refractivity contribution is 5.78. The summed E-state index contributed by atoms with van der Waals surface area (Å²) in [4.78, 5) is 11.6. The van der Waals surface area contributed by atoms with Crippen LogP contribution in [0.3, 0.4) is 0 Å². The van der Waals surface area contributed by atoms with E-state index in [2.05, 4.69) is 10.5 Å². The Hall–Kier alpha value is -1.40. The lowest BCUT2D eigenvalue weighted by Gasteiger charge is -2.22. The smallest absolute Gasteiger partial charge is 0.226 e. The molecule has 6 heteroatoms.